The van der Waals surface area contributed by atoms with E-state index in [-0.39, 0.29) is 5.78 Å². The Kier molecular flexibility index (Phi) is 5.01. The first-order chi connectivity index (χ1) is 10.1. The van der Waals surface area contributed by atoms with Crippen molar-refractivity contribution in [2.24, 2.45) is 0 Å². The van der Waals surface area contributed by atoms with Gasteiger partial charge in [-0.1, -0.05) is 41.4 Å². The van der Waals surface area contributed by atoms with Crippen molar-refractivity contribution in [1.29, 1.82) is 0 Å². The molecular weight excluding hydrogens is 286 g/mol. The molecule has 0 radical (unpaired) electrons. The number of aryl methyl sites for hydroxylation is 1. The number of ether oxygens (including phenoxy) is 1. The van der Waals surface area contributed by atoms with Crippen LogP contribution in [0.2, 0.25) is 5.02 Å². The van der Waals surface area contributed by atoms with Crippen LogP contribution in [0.1, 0.15) is 15.9 Å². The second-order valence-electron chi connectivity index (χ2n) is 4.55. The number of benzene rings is 2. The maximum Gasteiger partial charge on any atom is 0.187 e. The molecule has 0 saturated carbocycles. The van der Waals surface area contributed by atoms with Crippen LogP contribution in [0.4, 0.5) is 5.69 Å². The Labute approximate surface area is 129 Å². The lowest BCUT2D eigenvalue weighted by molar-refractivity contribution is 0.104. The van der Waals surface area contributed by atoms with E-state index < -0.39 is 0 Å². The number of carbonyl (C=O) groups excluding carboxylic acids is 1. The normalized spacial score (nSPS) is 10.6. The quantitative estimate of drug-likeness (QED) is 0.654. The van der Waals surface area contributed by atoms with Gasteiger partial charge in [0, 0.05) is 23.9 Å². The fraction of sp³-hybridized carbons (Fsp3) is 0.118. The smallest absolute Gasteiger partial charge is 0.187 e. The Morgan fingerprint density at radius 1 is 1.19 bits per heavy atom. The van der Waals surface area contributed by atoms with E-state index in [0.717, 1.165) is 5.56 Å². The largest absolute Gasteiger partial charge is 0.497 e. The van der Waals surface area contributed by atoms with Gasteiger partial charge in [-0.3, -0.25) is 4.79 Å². The number of rotatable bonds is 5. The minimum Gasteiger partial charge on any atom is -0.497 e. The third-order valence-electron chi connectivity index (χ3n) is 2.98. The minimum absolute atomic E-state index is 0.0680. The van der Waals surface area contributed by atoms with Gasteiger partial charge in [0.1, 0.15) is 5.75 Å². The lowest BCUT2D eigenvalue weighted by Crippen LogP contribution is -1.97. The molecule has 2 aromatic carbocycles. The van der Waals surface area contributed by atoms with E-state index >= 15 is 0 Å². The number of halogens is 1. The van der Waals surface area contributed by atoms with E-state index in [1.165, 1.54) is 6.08 Å². The molecule has 1 N–H and O–H groups in total. The molecule has 0 aliphatic carbocycles. The van der Waals surface area contributed by atoms with Crippen LogP contribution in [0.25, 0.3) is 0 Å². The summed E-state index contributed by atoms with van der Waals surface area (Å²) in [4.78, 5) is 12.0. The van der Waals surface area contributed by atoms with Gasteiger partial charge >= 0.3 is 0 Å². The van der Waals surface area contributed by atoms with Crippen molar-refractivity contribution in [3.05, 3.63) is 70.9 Å². The van der Waals surface area contributed by atoms with Gasteiger partial charge in [-0.2, -0.15) is 0 Å². The van der Waals surface area contributed by atoms with Crippen molar-refractivity contribution in [3.8, 4) is 5.75 Å². The van der Waals surface area contributed by atoms with Gasteiger partial charge in [0.05, 0.1) is 17.8 Å². The summed E-state index contributed by atoms with van der Waals surface area (Å²) in [5.74, 6) is 0.627. The fourth-order valence-electron chi connectivity index (χ4n) is 1.76. The van der Waals surface area contributed by atoms with Gasteiger partial charge in [-0.15, -0.1) is 0 Å². The van der Waals surface area contributed by atoms with Crippen LogP contribution in [-0.4, -0.2) is 12.9 Å². The molecule has 0 amide bonds. The third-order valence-corrected chi connectivity index (χ3v) is 3.31. The van der Waals surface area contributed by atoms with Gasteiger partial charge in [0.2, 0.25) is 0 Å². The number of ketones is 1. The second-order valence-corrected chi connectivity index (χ2v) is 4.96. The summed E-state index contributed by atoms with van der Waals surface area (Å²) in [7, 11) is 1.59. The van der Waals surface area contributed by atoms with Crippen LogP contribution in [-0.2, 0) is 0 Å². The molecule has 0 spiro atoms. The highest BCUT2D eigenvalue weighted by Gasteiger charge is 2.02. The van der Waals surface area contributed by atoms with E-state index in [0.29, 0.717) is 22.0 Å². The van der Waals surface area contributed by atoms with Gasteiger partial charge in [0.25, 0.3) is 0 Å². The highest BCUT2D eigenvalue weighted by Crippen LogP contribution is 2.26. The average molecular weight is 302 g/mol. The van der Waals surface area contributed by atoms with Crippen LogP contribution < -0.4 is 10.1 Å². The minimum atomic E-state index is -0.0680. The molecule has 0 bridgehead atoms. The topological polar surface area (TPSA) is 38.3 Å². The van der Waals surface area contributed by atoms with Gasteiger partial charge in [-0.25, -0.2) is 0 Å². The zero-order chi connectivity index (χ0) is 15.2. The summed E-state index contributed by atoms with van der Waals surface area (Å²) in [6.45, 7) is 1.98. The van der Waals surface area contributed by atoms with E-state index in [1.807, 2.05) is 19.1 Å². The number of nitrogens with one attached hydrogen (secondary N) is 1. The number of methoxy groups -OCH3 is 1. The van der Waals surface area contributed by atoms with Crippen LogP contribution in [0.3, 0.4) is 0 Å². The molecular formula is C17H16ClNO2. The highest BCUT2D eigenvalue weighted by atomic mass is 35.5. The lowest BCUT2D eigenvalue weighted by Gasteiger charge is -2.06. The Hall–Kier alpha value is -2.26. The molecule has 0 fully saturated rings. The first-order valence-corrected chi connectivity index (χ1v) is 6.85. The van der Waals surface area contributed by atoms with Crippen molar-refractivity contribution in [3.63, 3.8) is 0 Å². The van der Waals surface area contributed by atoms with E-state index in [1.54, 1.807) is 43.6 Å². The molecule has 3 nitrogen and oxygen atoms in total. The fourth-order valence-corrected chi connectivity index (χ4v) is 1.94. The average Bonchev–Trinajstić information content (AvgIpc) is 2.49. The summed E-state index contributed by atoms with van der Waals surface area (Å²) in [6, 6.07) is 12.7. The molecule has 0 heterocycles. The van der Waals surface area contributed by atoms with Gasteiger partial charge in [0.15, 0.2) is 5.78 Å². The maximum absolute atomic E-state index is 12.0. The van der Waals surface area contributed by atoms with Crippen LogP contribution in [0.15, 0.2) is 54.7 Å². The molecule has 0 unspecified atom stereocenters. The zero-order valence-electron chi connectivity index (χ0n) is 11.9. The Morgan fingerprint density at radius 2 is 1.90 bits per heavy atom. The maximum atomic E-state index is 12.0. The van der Waals surface area contributed by atoms with E-state index in [4.69, 9.17) is 16.3 Å². The Bertz CT molecular complexity index is 663. The number of hydrogen-bond acceptors (Lipinski definition) is 3. The molecule has 0 aliphatic rings. The number of hydrogen-bond donors (Lipinski definition) is 1. The Morgan fingerprint density at radius 3 is 2.57 bits per heavy atom. The van der Waals surface area contributed by atoms with Gasteiger partial charge in [-0.05, 0) is 19.1 Å². The predicted octanol–water partition coefficient (Wildman–Crippen LogP) is 4.47. The molecule has 0 aliphatic heterocycles. The van der Waals surface area contributed by atoms with E-state index in [2.05, 4.69) is 5.32 Å². The molecule has 21 heavy (non-hydrogen) atoms. The first kappa shape index (κ1) is 15.1. The Balaban J connectivity index is 2.05. The summed E-state index contributed by atoms with van der Waals surface area (Å²) in [5.41, 5.74) is 2.45. The third kappa shape index (κ3) is 4.10. The predicted molar refractivity (Wildman–Crippen MR) is 86.3 cm³/mol. The van der Waals surface area contributed by atoms with Crippen molar-refractivity contribution in [2.45, 2.75) is 6.92 Å². The molecule has 2 aromatic rings. The van der Waals surface area contributed by atoms with Crippen LogP contribution in [0, 0.1) is 6.92 Å². The highest BCUT2D eigenvalue weighted by molar-refractivity contribution is 6.33. The number of anilines is 1. The molecule has 0 aromatic heterocycles. The number of carbonyl (C=O) groups is 1. The number of allylic oxidation sites excluding steroid dienone is 1. The first-order valence-electron chi connectivity index (χ1n) is 6.48. The summed E-state index contributed by atoms with van der Waals surface area (Å²) in [5, 5.41) is 3.54. The van der Waals surface area contributed by atoms with Crippen molar-refractivity contribution < 1.29 is 9.53 Å². The standard InChI is InChI=1S/C17H16ClNO2/c1-12-3-5-13(6-4-12)17(20)9-10-19-16-11-14(21-2)7-8-15(16)18/h3-11,19H,1-2H3/b10-9+. The van der Waals surface area contributed by atoms with Crippen molar-refractivity contribution in [2.75, 3.05) is 12.4 Å². The molecule has 4 heteroatoms. The lowest BCUT2D eigenvalue weighted by atomic mass is 10.1. The van der Waals surface area contributed by atoms with Gasteiger partial charge < -0.3 is 10.1 Å². The molecule has 2 rings (SSSR count). The van der Waals surface area contributed by atoms with Crippen molar-refractivity contribution >= 4 is 23.1 Å². The van der Waals surface area contributed by atoms with Crippen LogP contribution in [0.5, 0.6) is 5.75 Å². The monoisotopic (exact) mass is 301 g/mol. The summed E-state index contributed by atoms with van der Waals surface area (Å²) < 4.78 is 5.13. The van der Waals surface area contributed by atoms with Crippen LogP contribution >= 0.6 is 11.6 Å². The van der Waals surface area contributed by atoms with Crippen molar-refractivity contribution in [1.82, 2.24) is 0 Å². The molecule has 0 saturated heterocycles. The molecule has 108 valence electrons. The summed E-state index contributed by atoms with van der Waals surface area (Å²) in [6.07, 6.45) is 3.04. The van der Waals surface area contributed by atoms with E-state index in [9.17, 15) is 4.79 Å². The second kappa shape index (κ2) is 6.95. The SMILES string of the molecule is COc1ccc(Cl)c(N/C=C/C(=O)c2ccc(C)cc2)c1. The molecule has 0 atom stereocenters. The zero-order valence-corrected chi connectivity index (χ0v) is 12.6. The summed E-state index contributed by atoms with van der Waals surface area (Å²) >= 11 is 6.07.